The van der Waals surface area contributed by atoms with Crippen molar-refractivity contribution in [3.8, 4) is 0 Å². The lowest BCUT2D eigenvalue weighted by atomic mass is 9.48. The third-order valence-electron chi connectivity index (χ3n) is 9.71. The summed E-state index contributed by atoms with van der Waals surface area (Å²) in [5.41, 5.74) is 5.39. The molecule has 3 fully saturated rings. The van der Waals surface area contributed by atoms with Gasteiger partial charge in [0.2, 0.25) is 0 Å². The summed E-state index contributed by atoms with van der Waals surface area (Å²) in [6.07, 6.45) is 11.7. The lowest BCUT2D eigenvalue weighted by molar-refractivity contribution is -0.0685. The number of rotatable bonds is 2. The van der Waals surface area contributed by atoms with Gasteiger partial charge in [0.25, 0.3) is 0 Å². The number of nitrogens with zero attached hydrogens (tertiary/aromatic N) is 1. The van der Waals surface area contributed by atoms with Crippen LogP contribution in [0.3, 0.4) is 0 Å². The van der Waals surface area contributed by atoms with Gasteiger partial charge in [-0.25, -0.2) is 0 Å². The number of benzene rings is 1. The zero-order valence-corrected chi connectivity index (χ0v) is 19.6. The summed E-state index contributed by atoms with van der Waals surface area (Å²) in [6.45, 7) is 4.82. The molecule has 168 valence electrons. The molecule has 0 heterocycles. The molecule has 0 unspecified atom stereocenters. The Bertz CT molecular complexity index is 900. The first kappa shape index (κ1) is 21.3. The van der Waals surface area contributed by atoms with Gasteiger partial charge in [-0.15, -0.1) is 0 Å². The van der Waals surface area contributed by atoms with Crippen molar-refractivity contribution in [2.75, 3.05) is 19.0 Å². The zero-order chi connectivity index (χ0) is 22.0. The Morgan fingerprint density at radius 1 is 0.968 bits per heavy atom. The van der Waals surface area contributed by atoms with Gasteiger partial charge in [0.05, 0.1) is 12.2 Å². The second-order valence-electron chi connectivity index (χ2n) is 11.5. The quantitative estimate of drug-likeness (QED) is 0.626. The maximum atomic E-state index is 11.4. The number of allylic oxidation sites excluding steroid dienone is 1. The maximum Gasteiger partial charge on any atom is 0.0809 e. The summed E-state index contributed by atoms with van der Waals surface area (Å²) < 4.78 is 0. The lowest BCUT2D eigenvalue weighted by Gasteiger charge is -2.57. The molecule has 2 N–H and O–H groups in total. The maximum absolute atomic E-state index is 11.4. The van der Waals surface area contributed by atoms with Crippen molar-refractivity contribution >= 4 is 11.8 Å². The number of hydrogen-bond acceptors (Lipinski definition) is 3. The molecule has 0 aliphatic heterocycles. The molecule has 3 heteroatoms. The van der Waals surface area contributed by atoms with Crippen LogP contribution in [0.25, 0.3) is 6.08 Å². The molecule has 0 spiro atoms. The second-order valence-corrected chi connectivity index (χ2v) is 11.5. The van der Waals surface area contributed by atoms with E-state index in [-0.39, 0.29) is 23.0 Å². The highest BCUT2D eigenvalue weighted by Gasteiger charge is 2.59. The van der Waals surface area contributed by atoms with Crippen LogP contribution in [-0.2, 0) is 0 Å². The fourth-order valence-corrected chi connectivity index (χ4v) is 7.72. The molecule has 3 nitrogen and oxygen atoms in total. The predicted molar refractivity (Wildman–Crippen MR) is 128 cm³/mol. The van der Waals surface area contributed by atoms with Gasteiger partial charge in [0.15, 0.2) is 0 Å². The largest absolute Gasteiger partial charge is 0.393 e. The Kier molecular flexibility index (Phi) is 5.14. The smallest absolute Gasteiger partial charge is 0.0809 e. The van der Waals surface area contributed by atoms with Gasteiger partial charge in [-0.1, -0.05) is 43.7 Å². The third kappa shape index (κ3) is 3.31. The van der Waals surface area contributed by atoms with E-state index >= 15 is 0 Å². The fraction of sp³-hybridized carbons (Fsp3) is 0.643. The molecule has 0 saturated heterocycles. The number of hydrogen-bond donors (Lipinski definition) is 2. The Morgan fingerprint density at radius 3 is 2.42 bits per heavy atom. The van der Waals surface area contributed by atoms with Crippen LogP contribution in [0.4, 0.5) is 5.69 Å². The van der Waals surface area contributed by atoms with Crippen LogP contribution in [0, 0.1) is 28.6 Å². The molecule has 1 aromatic carbocycles. The summed E-state index contributed by atoms with van der Waals surface area (Å²) in [4.78, 5) is 2.12. The average Bonchev–Trinajstić information content (AvgIpc) is 2.99. The van der Waals surface area contributed by atoms with Gasteiger partial charge in [0, 0.05) is 25.2 Å². The minimum absolute atomic E-state index is 0.00748. The van der Waals surface area contributed by atoms with Crippen molar-refractivity contribution < 1.29 is 10.2 Å². The molecule has 1 aromatic rings. The molecule has 5 rings (SSSR count). The first-order valence-corrected chi connectivity index (χ1v) is 12.3. The molecule has 31 heavy (non-hydrogen) atoms. The van der Waals surface area contributed by atoms with Gasteiger partial charge >= 0.3 is 0 Å². The third-order valence-corrected chi connectivity index (χ3v) is 9.71. The molecule has 4 aliphatic carbocycles. The highest BCUT2D eigenvalue weighted by atomic mass is 16.3. The number of aliphatic hydroxyl groups is 2. The van der Waals surface area contributed by atoms with Crippen LogP contribution in [-0.4, -0.2) is 36.5 Å². The molecule has 0 aromatic heterocycles. The molecule has 0 amide bonds. The van der Waals surface area contributed by atoms with E-state index in [0.29, 0.717) is 17.8 Å². The molecule has 0 bridgehead atoms. The first-order valence-electron chi connectivity index (χ1n) is 12.3. The van der Waals surface area contributed by atoms with E-state index in [9.17, 15) is 10.2 Å². The standard InChI is InChI=1S/C28H39NO2/c1-27-13-11-22(30)17-20(27)7-10-23-24(27)12-14-28(2)25(23)16-19(26(28)31)15-18-5-8-21(9-6-18)29(3)4/h5-9,15,22-26,30-31H,10-14,16-17H2,1-4H3/b19-15+/t22-,23+,24-,25-,26-,27-,28-/m0/s1. The Balaban J connectivity index is 1.43. The van der Waals surface area contributed by atoms with E-state index < -0.39 is 0 Å². The van der Waals surface area contributed by atoms with E-state index in [1.54, 1.807) is 0 Å². The zero-order valence-electron chi connectivity index (χ0n) is 19.6. The molecule has 0 radical (unpaired) electrons. The van der Waals surface area contributed by atoms with Crippen LogP contribution in [0.1, 0.15) is 64.4 Å². The molecule has 7 atom stereocenters. The van der Waals surface area contributed by atoms with Gasteiger partial charge in [-0.2, -0.15) is 0 Å². The minimum atomic E-state index is -0.335. The lowest BCUT2D eigenvalue weighted by Crippen LogP contribution is -2.51. The Labute approximate surface area is 187 Å². The second kappa shape index (κ2) is 7.49. The monoisotopic (exact) mass is 421 g/mol. The molecule has 3 saturated carbocycles. The van der Waals surface area contributed by atoms with E-state index in [1.807, 2.05) is 0 Å². The van der Waals surface area contributed by atoms with Crippen molar-refractivity contribution in [2.45, 2.75) is 71.0 Å². The highest BCUT2D eigenvalue weighted by Crippen LogP contribution is 2.65. The van der Waals surface area contributed by atoms with E-state index in [2.05, 4.69) is 69.3 Å². The van der Waals surface area contributed by atoms with Crippen LogP contribution in [0.15, 0.2) is 41.5 Å². The molecular formula is C28H39NO2. The predicted octanol–water partition coefficient (Wildman–Crippen LogP) is 5.43. The van der Waals surface area contributed by atoms with Gasteiger partial charge < -0.3 is 15.1 Å². The van der Waals surface area contributed by atoms with Crippen molar-refractivity contribution in [1.82, 2.24) is 0 Å². The summed E-state index contributed by atoms with van der Waals surface area (Å²) in [5.74, 6) is 1.90. The topological polar surface area (TPSA) is 43.7 Å². The van der Waals surface area contributed by atoms with E-state index in [0.717, 1.165) is 38.5 Å². The van der Waals surface area contributed by atoms with Crippen LogP contribution in [0.2, 0.25) is 0 Å². The SMILES string of the molecule is CN(C)c1ccc(/C=C2\C[C@H]3[C@@H]4CC=C5C[C@@H](O)CC[C@]5(C)[C@H]4CC[C@]3(C)[C@H]2O)cc1. The van der Waals surface area contributed by atoms with E-state index in [4.69, 9.17) is 0 Å². The van der Waals surface area contributed by atoms with E-state index in [1.165, 1.54) is 28.8 Å². The fourth-order valence-electron chi connectivity index (χ4n) is 7.72. The highest BCUT2D eigenvalue weighted by molar-refractivity contribution is 5.59. The minimum Gasteiger partial charge on any atom is -0.393 e. The summed E-state index contributed by atoms with van der Waals surface area (Å²) in [6, 6.07) is 8.66. The average molecular weight is 422 g/mol. The van der Waals surface area contributed by atoms with Crippen LogP contribution in [0.5, 0.6) is 0 Å². The number of aliphatic hydroxyl groups excluding tert-OH is 2. The number of fused-ring (bicyclic) bond motifs is 5. The van der Waals surface area contributed by atoms with Crippen molar-refractivity contribution in [3.05, 3.63) is 47.1 Å². The van der Waals surface area contributed by atoms with Crippen molar-refractivity contribution in [1.29, 1.82) is 0 Å². The van der Waals surface area contributed by atoms with Gasteiger partial charge in [0.1, 0.15) is 0 Å². The first-order chi connectivity index (χ1) is 14.7. The summed E-state index contributed by atoms with van der Waals surface area (Å²) in [7, 11) is 4.13. The van der Waals surface area contributed by atoms with Crippen molar-refractivity contribution in [3.63, 3.8) is 0 Å². The Morgan fingerprint density at radius 2 is 1.71 bits per heavy atom. The number of anilines is 1. The van der Waals surface area contributed by atoms with Crippen LogP contribution >= 0.6 is 0 Å². The van der Waals surface area contributed by atoms with Gasteiger partial charge in [-0.3, -0.25) is 0 Å². The summed E-state index contributed by atoms with van der Waals surface area (Å²) >= 11 is 0. The Hall–Kier alpha value is -1.58. The van der Waals surface area contributed by atoms with Crippen molar-refractivity contribution in [2.24, 2.45) is 28.6 Å². The molecule has 4 aliphatic rings. The summed E-state index contributed by atoms with van der Waals surface area (Å²) in [5, 5.41) is 21.7. The normalized spacial score (nSPS) is 43.1. The van der Waals surface area contributed by atoms with Crippen LogP contribution < -0.4 is 4.90 Å². The molecular weight excluding hydrogens is 382 g/mol. The van der Waals surface area contributed by atoms with Gasteiger partial charge in [-0.05, 0) is 91.4 Å².